The van der Waals surface area contributed by atoms with Gasteiger partial charge in [0.1, 0.15) is 18.0 Å². The molecule has 1 aliphatic heterocycles. The Morgan fingerprint density at radius 2 is 1.86 bits per heavy atom. The fourth-order valence-corrected chi connectivity index (χ4v) is 3.38. The van der Waals surface area contributed by atoms with Gasteiger partial charge in [-0.15, -0.1) is 0 Å². The van der Waals surface area contributed by atoms with Gasteiger partial charge in [0.25, 0.3) is 0 Å². The highest BCUT2D eigenvalue weighted by Crippen LogP contribution is 2.33. The molecular formula is C21H17F2N3O2. The molecule has 0 aliphatic carbocycles. The van der Waals surface area contributed by atoms with Gasteiger partial charge in [0, 0.05) is 11.1 Å². The van der Waals surface area contributed by atoms with Crippen molar-refractivity contribution in [1.82, 2.24) is 9.55 Å². The molecule has 5 nitrogen and oxygen atoms in total. The lowest BCUT2D eigenvalue weighted by molar-refractivity contribution is 0.0518. The number of fused-ring (bicyclic) bond motifs is 3. The molecule has 1 atom stereocenters. The van der Waals surface area contributed by atoms with E-state index in [1.54, 1.807) is 29.7 Å². The van der Waals surface area contributed by atoms with Gasteiger partial charge in [-0.3, -0.25) is 9.56 Å². The quantitative estimate of drug-likeness (QED) is 0.638. The summed E-state index contributed by atoms with van der Waals surface area (Å²) in [5, 5.41) is 0. The van der Waals surface area contributed by atoms with Crippen LogP contribution < -0.4 is 0 Å². The van der Waals surface area contributed by atoms with E-state index >= 15 is 0 Å². The smallest absolute Gasteiger partial charge is 0.358 e. The minimum Gasteiger partial charge on any atom is -0.461 e. The molecule has 2 heterocycles. The van der Waals surface area contributed by atoms with Crippen molar-refractivity contribution in [3.05, 3.63) is 82.9 Å². The van der Waals surface area contributed by atoms with E-state index in [-0.39, 0.29) is 18.1 Å². The standard InChI is InChI=1S/C21H17F2N3O2/c1-3-28-21(27)19-20-12(2)25-18(13-4-6-14(22)7-5-13)16-10-15(23)8-9-17(16)26(20)11-24-19/h4-12H,3H2,1-2H3. The Kier molecular flexibility index (Phi) is 4.50. The summed E-state index contributed by atoms with van der Waals surface area (Å²) >= 11 is 0. The van der Waals surface area contributed by atoms with E-state index in [1.807, 2.05) is 6.92 Å². The highest BCUT2D eigenvalue weighted by molar-refractivity contribution is 6.15. The number of nitrogens with zero attached hydrogens (tertiary/aromatic N) is 3. The number of esters is 1. The first kappa shape index (κ1) is 18.0. The zero-order chi connectivity index (χ0) is 19.8. The molecule has 0 saturated heterocycles. The van der Waals surface area contributed by atoms with Crippen molar-refractivity contribution < 1.29 is 18.3 Å². The molecule has 2 aromatic carbocycles. The molecule has 0 bridgehead atoms. The average molecular weight is 381 g/mol. The van der Waals surface area contributed by atoms with Crippen molar-refractivity contribution in [2.45, 2.75) is 19.9 Å². The Bertz CT molecular complexity index is 1090. The molecule has 0 N–H and O–H groups in total. The number of aliphatic imine (C=N–C) groups is 1. The summed E-state index contributed by atoms with van der Waals surface area (Å²) < 4.78 is 34.3. The van der Waals surface area contributed by atoms with E-state index in [0.29, 0.717) is 28.2 Å². The van der Waals surface area contributed by atoms with Gasteiger partial charge in [-0.25, -0.2) is 18.6 Å². The van der Waals surface area contributed by atoms with E-state index in [0.717, 1.165) is 0 Å². The lowest BCUT2D eigenvalue weighted by Crippen LogP contribution is -2.11. The van der Waals surface area contributed by atoms with Crippen LogP contribution in [-0.2, 0) is 4.74 Å². The summed E-state index contributed by atoms with van der Waals surface area (Å²) in [5.41, 5.74) is 3.06. The molecule has 3 aromatic rings. The normalized spacial score (nSPS) is 15.3. The molecule has 1 unspecified atom stereocenters. The van der Waals surface area contributed by atoms with Crippen molar-refractivity contribution in [3.8, 4) is 5.69 Å². The fraction of sp³-hybridized carbons (Fsp3) is 0.190. The fourth-order valence-electron chi connectivity index (χ4n) is 3.38. The number of ether oxygens (including phenoxy) is 1. The molecule has 0 spiro atoms. The van der Waals surface area contributed by atoms with Crippen LogP contribution in [0.1, 0.15) is 47.2 Å². The number of carbonyl (C=O) groups is 1. The van der Waals surface area contributed by atoms with Crippen molar-refractivity contribution >= 4 is 11.7 Å². The summed E-state index contributed by atoms with van der Waals surface area (Å²) in [6.45, 7) is 3.77. The summed E-state index contributed by atoms with van der Waals surface area (Å²) in [6, 6.07) is 9.73. The van der Waals surface area contributed by atoms with Crippen molar-refractivity contribution in [3.63, 3.8) is 0 Å². The number of hydrogen-bond donors (Lipinski definition) is 0. The molecule has 0 saturated carbocycles. The molecule has 0 fully saturated rings. The van der Waals surface area contributed by atoms with Crippen LogP contribution in [0.3, 0.4) is 0 Å². The third kappa shape index (κ3) is 2.98. The second-order valence-corrected chi connectivity index (χ2v) is 6.39. The van der Waals surface area contributed by atoms with Crippen LogP contribution in [0.5, 0.6) is 0 Å². The number of rotatable bonds is 3. The van der Waals surface area contributed by atoms with E-state index in [9.17, 15) is 13.6 Å². The molecule has 0 amide bonds. The number of aromatic nitrogens is 2. The van der Waals surface area contributed by atoms with Gasteiger partial charge in [-0.2, -0.15) is 0 Å². The highest BCUT2D eigenvalue weighted by atomic mass is 19.1. The van der Waals surface area contributed by atoms with Gasteiger partial charge in [0.2, 0.25) is 0 Å². The van der Waals surface area contributed by atoms with Gasteiger partial charge in [0.15, 0.2) is 5.69 Å². The average Bonchev–Trinajstić information content (AvgIpc) is 3.07. The predicted molar refractivity (Wildman–Crippen MR) is 99.9 cm³/mol. The Labute approximate surface area is 160 Å². The number of halogens is 2. The van der Waals surface area contributed by atoms with E-state index < -0.39 is 17.8 Å². The highest BCUT2D eigenvalue weighted by Gasteiger charge is 2.29. The summed E-state index contributed by atoms with van der Waals surface area (Å²) in [7, 11) is 0. The third-order valence-corrected chi connectivity index (χ3v) is 4.58. The van der Waals surface area contributed by atoms with Gasteiger partial charge in [-0.05, 0) is 56.3 Å². The second-order valence-electron chi connectivity index (χ2n) is 6.39. The predicted octanol–water partition coefficient (Wildman–Crippen LogP) is 4.24. The Morgan fingerprint density at radius 3 is 2.57 bits per heavy atom. The van der Waals surface area contributed by atoms with Crippen LogP contribution in [0, 0.1) is 11.6 Å². The maximum atomic E-state index is 14.1. The SMILES string of the molecule is CCOC(=O)c1ncn2c1C(C)N=C(c1ccc(F)cc1)c1cc(F)ccc1-2. The largest absolute Gasteiger partial charge is 0.461 e. The Hall–Kier alpha value is -3.35. The van der Waals surface area contributed by atoms with Crippen LogP contribution in [-0.4, -0.2) is 27.8 Å². The maximum Gasteiger partial charge on any atom is 0.358 e. The first-order valence-corrected chi connectivity index (χ1v) is 8.88. The molecular weight excluding hydrogens is 364 g/mol. The van der Waals surface area contributed by atoms with Crippen LogP contribution in [0.2, 0.25) is 0 Å². The van der Waals surface area contributed by atoms with Gasteiger partial charge >= 0.3 is 5.97 Å². The first-order chi connectivity index (χ1) is 13.5. The van der Waals surface area contributed by atoms with Crippen molar-refractivity contribution in [2.75, 3.05) is 6.61 Å². The number of carbonyl (C=O) groups excluding carboxylic acids is 1. The molecule has 28 heavy (non-hydrogen) atoms. The number of imidazole rings is 1. The van der Waals surface area contributed by atoms with Crippen molar-refractivity contribution in [2.24, 2.45) is 4.99 Å². The summed E-state index contributed by atoms with van der Waals surface area (Å²) in [6.07, 6.45) is 1.51. The molecule has 1 aliphatic rings. The third-order valence-electron chi connectivity index (χ3n) is 4.58. The van der Waals surface area contributed by atoms with Crippen LogP contribution >= 0.6 is 0 Å². The van der Waals surface area contributed by atoms with Crippen LogP contribution in [0.15, 0.2) is 53.8 Å². The second kappa shape index (κ2) is 6.99. The zero-order valence-corrected chi connectivity index (χ0v) is 15.3. The molecule has 7 heteroatoms. The van der Waals surface area contributed by atoms with Gasteiger partial charge in [0.05, 0.1) is 29.7 Å². The Balaban J connectivity index is 1.96. The van der Waals surface area contributed by atoms with Crippen molar-refractivity contribution in [1.29, 1.82) is 0 Å². The molecule has 0 radical (unpaired) electrons. The molecule has 1 aromatic heterocycles. The summed E-state index contributed by atoms with van der Waals surface area (Å²) in [5.74, 6) is -1.33. The zero-order valence-electron chi connectivity index (χ0n) is 15.3. The van der Waals surface area contributed by atoms with Crippen LogP contribution in [0.4, 0.5) is 8.78 Å². The number of hydrogen-bond acceptors (Lipinski definition) is 4. The van der Waals surface area contributed by atoms with Gasteiger partial charge in [-0.1, -0.05) is 0 Å². The number of benzene rings is 2. The van der Waals surface area contributed by atoms with E-state index in [4.69, 9.17) is 9.73 Å². The first-order valence-electron chi connectivity index (χ1n) is 8.88. The lowest BCUT2D eigenvalue weighted by Gasteiger charge is -2.12. The van der Waals surface area contributed by atoms with Crippen LogP contribution in [0.25, 0.3) is 5.69 Å². The van der Waals surface area contributed by atoms with E-state index in [1.165, 1.54) is 30.6 Å². The Morgan fingerprint density at radius 1 is 1.14 bits per heavy atom. The summed E-state index contributed by atoms with van der Waals surface area (Å²) in [4.78, 5) is 21.3. The monoisotopic (exact) mass is 381 g/mol. The lowest BCUT2D eigenvalue weighted by atomic mass is 10.00. The minimum absolute atomic E-state index is 0.175. The topological polar surface area (TPSA) is 56.5 Å². The van der Waals surface area contributed by atoms with Gasteiger partial charge < -0.3 is 4.74 Å². The minimum atomic E-state index is -0.535. The maximum absolute atomic E-state index is 14.1. The molecule has 142 valence electrons. The molecule has 4 rings (SSSR count). The van der Waals surface area contributed by atoms with E-state index in [2.05, 4.69) is 4.98 Å².